The van der Waals surface area contributed by atoms with Crippen molar-refractivity contribution in [3.63, 3.8) is 0 Å². The van der Waals surface area contributed by atoms with Crippen LogP contribution in [0.2, 0.25) is 0 Å². The number of carboxylic acids is 1. The maximum atomic E-state index is 12.2. The molecule has 10 nitrogen and oxygen atoms in total. The fourth-order valence-electron chi connectivity index (χ4n) is 2.87. The molecule has 1 aromatic carbocycles. The first-order chi connectivity index (χ1) is 16.2. The number of esters is 2. The van der Waals surface area contributed by atoms with E-state index < -0.39 is 47.5 Å². The molecule has 2 unspecified atom stereocenters. The van der Waals surface area contributed by atoms with E-state index in [1.165, 1.54) is 25.1 Å². The standard InChI is InChI=1S/C25H37NO9/c1-8-16(6)32-24(31)33-17(7)12-25(26,23(29)30)13-18-9-10-19(34-21(27)14(2)3)20(11-18)35-22(28)15(4)5/h9-11,14-17H,8,12-13,26H2,1-7H3,(H,29,30)/t16?,17-,25?/m0/s1. The van der Waals surface area contributed by atoms with Gasteiger partial charge in [-0.15, -0.1) is 0 Å². The van der Waals surface area contributed by atoms with Crippen molar-refractivity contribution in [3.8, 4) is 11.5 Å². The van der Waals surface area contributed by atoms with Gasteiger partial charge in [-0.05, 0) is 38.0 Å². The molecule has 1 rings (SSSR count). The van der Waals surface area contributed by atoms with Gasteiger partial charge in [0.25, 0.3) is 0 Å². The normalized spacial score (nSPS) is 14.6. The summed E-state index contributed by atoms with van der Waals surface area (Å²) < 4.78 is 20.9. The third kappa shape index (κ3) is 9.56. The van der Waals surface area contributed by atoms with Crippen LogP contribution < -0.4 is 15.2 Å². The minimum absolute atomic E-state index is 0.0237. The van der Waals surface area contributed by atoms with E-state index in [4.69, 9.17) is 24.7 Å². The fourth-order valence-corrected chi connectivity index (χ4v) is 2.87. The van der Waals surface area contributed by atoms with Gasteiger partial charge in [0, 0.05) is 12.8 Å². The zero-order valence-electron chi connectivity index (χ0n) is 21.5. The Kier molecular flexibility index (Phi) is 11.2. The number of nitrogens with two attached hydrogens (primary N) is 1. The molecule has 0 aliphatic carbocycles. The molecule has 0 saturated heterocycles. The molecule has 0 heterocycles. The van der Waals surface area contributed by atoms with Gasteiger partial charge < -0.3 is 29.8 Å². The lowest BCUT2D eigenvalue weighted by molar-refractivity contribution is -0.145. The van der Waals surface area contributed by atoms with Crippen LogP contribution in [0.4, 0.5) is 4.79 Å². The molecule has 0 radical (unpaired) electrons. The molecule has 0 aromatic heterocycles. The van der Waals surface area contributed by atoms with E-state index in [0.29, 0.717) is 12.0 Å². The second-order valence-corrected chi connectivity index (χ2v) is 9.29. The highest BCUT2D eigenvalue weighted by molar-refractivity contribution is 5.80. The average Bonchev–Trinajstić information content (AvgIpc) is 2.74. The monoisotopic (exact) mass is 495 g/mol. The zero-order valence-corrected chi connectivity index (χ0v) is 21.5. The molecular weight excluding hydrogens is 458 g/mol. The van der Waals surface area contributed by atoms with Crippen LogP contribution in [0.25, 0.3) is 0 Å². The van der Waals surface area contributed by atoms with Crippen LogP contribution in [0.5, 0.6) is 11.5 Å². The van der Waals surface area contributed by atoms with Gasteiger partial charge in [-0.3, -0.25) is 14.4 Å². The summed E-state index contributed by atoms with van der Waals surface area (Å²) in [4.78, 5) is 48.2. The Hall–Kier alpha value is -3.14. The molecule has 196 valence electrons. The van der Waals surface area contributed by atoms with E-state index >= 15 is 0 Å². The predicted molar refractivity (Wildman–Crippen MR) is 127 cm³/mol. The summed E-state index contributed by atoms with van der Waals surface area (Å²) in [5.41, 5.74) is 4.81. The van der Waals surface area contributed by atoms with Gasteiger partial charge >= 0.3 is 24.1 Å². The maximum absolute atomic E-state index is 12.2. The molecule has 0 aliphatic heterocycles. The van der Waals surface area contributed by atoms with E-state index in [-0.39, 0.29) is 30.4 Å². The summed E-state index contributed by atoms with van der Waals surface area (Å²) in [6.07, 6.45) is -1.88. The molecule has 0 amide bonds. The molecule has 35 heavy (non-hydrogen) atoms. The summed E-state index contributed by atoms with van der Waals surface area (Å²) in [5.74, 6) is -3.24. The number of hydrogen-bond acceptors (Lipinski definition) is 9. The lowest BCUT2D eigenvalue weighted by Gasteiger charge is -2.28. The first kappa shape index (κ1) is 29.9. The lowest BCUT2D eigenvalue weighted by Crippen LogP contribution is -2.52. The van der Waals surface area contributed by atoms with Crippen molar-refractivity contribution in [3.05, 3.63) is 23.8 Å². The van der Waals surface area contributed by atoms with Crippen molar-refractivity contribution in [2.24, 2.45) is 17.6 Å². The number of carbonyl (C=O) groups excluding carboxylic acids is 3. The quantitative estimate of drug-likeness (QED) is 0.323. The topological polar surface area (TPSA) is 151 Å². The van der Waals surface area contributed by atoms with Gasteiger partial charge in [0.1, 0.15) is 17.7 Å². The fraction of sp³-hybridized carbons (Fsp3) is 0.600. The van der Waals surface area contributed by atoms with Gasteiger partial charge in [-0.2, -0.15) is 0 Å². The number of hydrogen-bond donors (Lipinski definition) is 2. The first-order valence-corrected chi connectivity index (χ1v) is 11.6. The highest BCUT2D eigenvalue weighted by Gasteiger charge is 2.37. The van der Waals surface area contributed by atoms with Gasteiger partial charge in [-0.25, -0.2) is 4.79 Å². The predicted octanol–water partition coefficient (Wildman–Crippen LogP) is 3.86. The Morgan fingerprint density at radius 3 is 1.89 bits per heavy atom. The Labute approximate surface area is 206 Å². The van der Waals surface area contributed by atoms with Crippen molar-refractivity contribution in [2.75, 3.05) is 0 Å². The van der Waals surface area contributed by atoms with E-state index in [1.54, 1.807) is 34.6 Å². The van der Waals surface area contributed by atoms with Crippen LogP contribution >= 0.6 is 0 Å². The Morgan fingerprint density at radius 2 is 1.40 bits per heavy atom. The number of rotatable bonds is 12. The minimum atomic E-state index is -1.81. The number of carbonyl (C=O) groups is 4. The highest BCUT2D eigenvalue weighted by atomic mass is 16.7. The number of benzene rings is 1. The van der Waals surface area contributed by atoms with E-state index in [2.05, 4.69) is 0 Å². The smallest absolute Gasteiger partial charge is 0.480 e. The molecular formula is C25H37NO9. The molecule has 3 N–H and O–H groups in total. The number of ether oxygens (including phenoxy) is 4. The second-order valence-electron chi connectivity index (χ2n) is 9.29. The summed E-state index contributed by atoms with van der Waals surface area (Å²) in [5, 5.41) is 9.83. The Balaban J connectivity index is 3.15. The minimum Gasteiger partial charge on any atom is -0.480 e. The summed E-state index contributed by atoms with van der Waals surface area (Å²) in [6.45, 7) is 11.7. The SMILES string of the molecule is CCC(C)OC(=O)O[C@@H](C)CC(N)(Cc1ccc(OC(=O)C(C)C)c(OC(=O)C(C)C)c1)C(=O)O. The lowest BCUT2D eigenvalue weighted by atomic mass is 9.86. The summed E-state index contributed by atoms with van der Waals surface area (Å²) in [6, 6.07) is 4.36. The van der Waals surface area contributed by atoms with Gasteiger partial charge in [0.15, 0.2) is 11.5 Å². The first-order valence-electron chi connectivity index (χ1n) is 11.6. The van der Waals surface area contributed by atoms with Crippen molar-refractivity contribution >= 4 is 24.1 Å². The van der Waals surface area contributed by atoms with Gasteiger partial charge in [0.05, 0.1) is 11.8 Å². The van der Waals surface area contributed by atoms with Crippen LogP contribution in [0.3, 0.4) is 0 Å². The second kappa shape index (κ2) is 13.1. The molecule has 1 aromatic rings. The summed E-state index contributed by atoms with van der Waals surface area (Å²) in [7, 11) is 0. The molecule has 3 atom stereocenters. The van der Waals surface area contributed by atoms with E-state index in [9.17, 15) is 24.3 Å². The molecule has 0 fully saturated rings. The Bertz CT molecular complexity index is 912. The van der Waals surface area contributed by atoms with Crippen molar-refractivity contribution < 1.29 is 43.2 Å². The van der Waals surface area contributed by atoms with Crippen LogP contribution in [0.1, 0.15) is 66.9 Å². The third-order valence-electron chi connectivity index (χ3n) is 5.14. The highest BCUT2D eigenvalue weighted by Crippen LogP contribution is 2.32. The average molecular weight is 496 g/mol. The Morgan fingerprint density at radius 1 is 0.886 bits per heavy atom. The van der Waals surface area contributed by atoms with Crippen LogP contribution in [0.15, 0.2) is 18.2 Å². The summed E-state index contributed by atoms with van der Waals surface area (Å²) >= 11 is 0. The van der Waals surface area contributed by atoms with Crippen LogP contribution in [-0.4, -0.2) is 46.9 Å². The van der Waals surface area contributed by atoms with Gasteiger partial charge in [-0.1, -0.05) is 40.7 Å². The molecule has 0 spiro atoms. The van der Waals surface area contributed by atoms with E-state index in [1.807, 2.05) is 6.92 Å². The van der Waals surface area contributed by atoms with Crippen LogP contribution in [0, 0.1) is 11.8 Å². The number of aliphatic carboxylic acids is 1. The zero-order chi connectivity index (χ0) is 26.9. The van der Waals surface area contributed by atoms with E-state index in [0.717, 1.165) is 0 Å². The molecule has 0 saturated carbocycles. The van der Waals surface area contributed by atoms with Crippen LogP contribution in [-0.2, 0) is 30.3 Å². The molecule has 10 heteroatoms. The van der Waals surface area contributed by atoms with Crippen molar-refractivity contribution in [2.45, 2.75) is 85.5 Å². The largest absolute Gasteiger partial charge is 0.508 e. The third-order valence-corrected chi connectivity index (χ3v) is 5.14. The molecule has 0 aliphatic rings. The number of carboxylic acid groups (broad SMARTS) is 1. The van der Waals surface area contributed by atoms with Gasteiger partial charge in [0.2, 0.25) is 0 Å². The van der Waals surface area contributed by atoms with Crippen molar-refractivity contribution in [1.29, 1.82) is 0 Å². The maximum Gasteiger partial charge on any atom is 0.508 e. The van der Waals surface area contributed by atoms with Crippen molar-refractivity contribution in [1.82, 2.24) is 0 Å². The molecule has 0 bridgehead atoms.